The molecule has 4 aromatic carbocycles. The van der Waals surface area contributed by atoms with E-state index in [1.807, 2.05) is 0 Å². The van der Waals surface area contributed by atoms with E-state index in [0.29, 0.717) is 19.4 Å². The Hall–Kier alpha value is -1.74. The van der Waals surface area contributed by atoms with Gasteiger partial charge in [-0.25, -0.2) is 8.42 Å². The van der Waals surface area contributed by atoms with Crippen LogP contribution in [-0.2, 0) is 30.5 Å². The Morgan fingerprint density at radius 3 is 1.80 bits per heavy atom. The van der Waals surface area contributed by atoms with Gasteiger partial charge in [0.15, 0.2) is 0 Å². The van der Waals surface area contributed by atoms with Crippen LogP contribution in [0.25, 0.3) is 32.3 Å². The molecule has 0 aliphatic rings. The van der Waals surface area contributed by atoms with Crippen molar-refractivity contribution in [2.75, 3.05) is 13.2 Å². The summed E-state index contributed by atoms with van der Waals surface area (Å²) in [6.45, 7) is 0.483. The molecule has 4 aromatic rings. The zero-order chi connectivity index (χ0) is 27.5. The summed E-state index contributed by atoms with van der Waals surface area (Å²) in [6.07, 6.45) is 12.3. The van der Waals surface area contributed by atoms with Crippen LogP contribution in [0.2, 0.25) is 0 Å². The van der Waals surface area contributed by atoms with Crippen molar-refractivity contribution < 1.29 is 56.2 Å². The Bertz CT molecular complexity index is 1440. The second kappa shape index (κ2) is 16.6. The molecule has 0 N–H and O–H groups in total. The number of hydrogen-bond donors (Lipinski definition) is 0. The SMILES string of the molecule is O=C(CCCc1ccc2ccc3cccc4ccc1c2c34)OCCCCCCCCCCCCOS(=O)(=O)[O-].[Na+]. The molecule has 8 heteroatoms. The van der Waals surface area contributed by atoms with Gasteiger partial charge in [0, 0.05) is 6.42 Å². The number of hydrogen-bond acceptors (Lipinski definition) is 6. The normalized spacial score (nSPS) is 11.8. The van der Waals surface area contributed by atoms with Crippen LogP contribution >= 0.6 is 0 Å². The Morgan fingerprint density at radius 1 is 0.650 bits per heavy atom. The zero-order valence-electron chi connectivity index (χ0n) is 23.7. The van der Waals surface area contributed by atoms with Gasteiger partial charge >= 0.3 is 35.5 Å². The Morgan fingerprint density at radius 2 is 1.18 bits per heavy atom. The van der Waals surface area contributed by atoms with Crippen LogP contribution in [0, 0.1) is 0 Å². The quantitative estimate of drug-likeness (QED) is 0.0422. The first kappa shape index (κ1) is 32.8. The van der Waals surface area contributed by atoms with Crippen molar-refractivity contribution in [2.45, 2.75) is 83.5 Å². The van der Waals surface area contributed by atoms with Crippen molar-refractivity contribution >= 4 is 48.7 Å². The molecule has 0 spiro atoms. The number of unbranched alkanes of at least 4 members (excludes halogenated alkanes) is 9. The molecule has 0 aliphatic heterocycles. The summed E-state index contributed by atoms with van der Waals surface area (Å²) in [4.78, 5) is 12.2. The van der Waals surface area contributed by atoms with Crippen LogP contribution in [0.4, 0.5) is 0 Å². The number of esters is 1. The van der Waals surface area contributed by atoms with E-state index in [4.69, 9.17) is 4.74 Å². The van der Waals surface area contributed by atoms with Crippen LogP contribution in [0.1, 0.15) is 82.6 Å². The summed E-state index contributed by atoms with van der Waals surface area (Å²) in [5.74, 6) is -0.106. The third-order valence-corrected chi connectivity index (χ3v) is 7.93. The average Bonchev–Trinajstić information content (AvgIpc) is 2.92. The molecule has 0 atom stereocenters. The summed E-state index contributed by atoms with van der Waals surface area (Å²) in [5, 5.41) is 7.74. The fourth-order valence-corrected chi connectivity index (χ4v) is 5.80. The number of aryl methyl sites for hydroxylation is 1. The van der Waals surface area contributed by atoms with Crippen LogP contribution in [0.3, 0.4) is 0 Å². The number of rotatable bonds is 18. The maximum atomic E-state index is 12.2. The van der Waals surface area contributed by atoms with E-state index >= 15 is 0 Å². The van der Waals surface area contributed by atoms with Crippen molar-refractivity contribution in [1.82, 2.24) is 0 Å². The maximum Gasteiger partial charge on any atom is 1.00 e. The molecule has 0 heterocycles. The standard InChI is InChI=1S/C32H40O6S.Na/c33-30(37-23-9-7-5-3-1-2-4-6-8-10-24-38-39(34,35)36)16-12-13-25-17-18-28-20-19-26-14-11-15-27-21-22-29(25)32(28)31(26)27;/h11,14-15,17-22H,1-10,12-13,16,23-24H2,(H,34,35,36);/q;+1/p-1. The van der Waals surface area contributed by atoms with Crippen LogP contribution in [-0.4, -0.2) is 32.2 Å². The number of ether oxygens (including phenoxy) is 1. The second-order valence-corrected chi connectivity index (χ2v) is 11.5. The smallest absolute Gasteiger partial charge is 0.726 e. The van der Waals surface area contributed by atoms with Gasteiger partial charge in [0.2, 0.25) is 10.4 Å². The monoisotopic (exact) mass is 574 g/mol. The summed E-state index contributed by atoms with van der Waals surface area (Å²) in [7, 11) is -4.55. The maximum absolute atomic E-state index is 12.2. The molecule has 0 aliphatic carbocycles. The third kappa shape index (κ3) is 9.97. The first-order chi connectivity index (χ1) is 18.9. The fraction of sp³-hybridized carbons (Fsp3) is 0.469. The molecular formula is C32H39NaO6S. The van der Waals surface area contributed by atoms with Gasteiger partial charge in [0.05, 0.1) is 13.2 Å². The molecule has 40 heavy (non-hydrogen) atoms. The van der Waals surface area contributed by atoms with E-state index in [0.717, 1.165) is 57.8 Å². The second-order valence-electron chi connectivity index (χ2n) is 10.4. The first-order valence-corrected chi connectivity index (χ1v) is 15.7. The number of carbonyl (C=O) groups is 1. The molecular weight excluding hydrogens is 535 g/mol. The van der Waals surface area contributed by atoms with Gasteiger partial charge in [0.1, 0.15) is 0 Å². The van der Waals surface area contributed by atoms with Crippen LogP contribution in [0.5, 0.6) is 0 Å². The number of carbonyl (C=O) groups excluding carboxylic acids is 1. The van der Waals surface area contributed by atoms with Crippen molar-refractivity contribution in [2.24, 2.45) is 0 Å². The number of benzene rings is 4. The molecule has 0 fully saturated rings. The molecule has 0 aromatic heterocycles. The van der Waals surface area contributed by atoms with E-state index in [9.17, 15) is 17.8 Å². The molecule has 4 rings (SSSR count). The van der Waals surface area contributed by atoms with Crippen LogP contribution < -0.4 is 29.6 Å². The van der Waals surface area contributed by atoms with Crippen molar-refractivity contribution in [1.29, 1.82) is 0 Å². The fourth-order valence-electron chi connectivity index (χ4n) is 5.47. The predicted octanol–water partition coefficient (Wildman–Crippen LogP) is 4.83. The largest absolute Gasteiger partial charge is 1.00 e. The van der Waals surface area contributed by atoms with E-state index in [-0.39, 0.29) is 42.1 Å². The van der Waals surface area contributed by atoms with Crippen LogP contribution in [0.15, 0.2) is 54.6 Å². The van der Waals surface area contributed by atoms with Gasteiger partial charge in [-0.2, -0.15) is 0 Å². The van der Waals surface area contributed by atoms with Gasteiger partial charge in [-0.15, -0.1) is 0 Å². The van der Waals surface area contributed by atoms with Crippen molar-refractivity contribution in [3.63, 3.8) is 0 Å². The molecule has 0 saturated heterocycles. The minimum atomic E-state index is -4.55. The summed E-state index contributed by atoms with van der Waals surface area (Å²) >= 11 is 0. The van der Waals surface area contributed by atoms with Crippen molar-refractivity contribution in [3.8, 4) is 0 Å². The van der Waals surface area contributed by atoms with E-state index in [1.165, 1.54) is 50.7 Å². The molecule has 0 bridgehead atoms. The summed E-state index contributed by atoms with van der Waals surface area (Å²) < 4.78 is 40.7. The average molecular weight is 575 g/mol. The molecule has 0 saturated carbocycles. The topological polar surface area (TPSA) is 92.7 Å². The summed E-state index contributed by atoms with van der Waals surface area (Å²) in [6, 6.07) is 19.7. The van der Waals surface area contributed by atoms with Gasteiger partial charge in [-0.1, -0.05) is 106 Å². The van der Waals surface area contributed by atoms with E-state index < -0.39 is 10.4 Å². The molecule has 0 amide bonds. The summed E-state index contributed by atoms with van der Waals surface area (Å²) in [5.41, 5.74) is 1.29. The first-order valence-electron chi connectivity index (χ1n) is 14.3. The molecule has 0 unspecified atom stereocenters. The third-order valence-electron chi connectivity index (χ3n) is 7.48. The Kier molecular flexibility index (Phi) is 13.6. The van der Waals surface area contributed by atoms with Gasteiger partial charge in [-0.05, 0) is 63.6 Å². The predicted molar refractivity (Wildman–Crippen MR) is 156 cm³/mol. The van der Waals surface area contributed by atoms with Gasteiger partial charge in [-0.3, -0.25) is 8.98 Å². The minimum Gasteiger partial charge on any atom is -0.726 e. The molecule has 0 radical (unpaired) electrons. The van der Waals surface area contributed by atoms with E-state index in [2.05, 4.69) is 58.8 Å². The molecule has 210 valence electrons. The Balaban J connectivity index is 0.00000441. The van der Waals surface area contributed by atoms with Gasteiger partial charge < -0.3 is 9.29 Å². The molecule has 6 nitrogen and oxygen atoms in total. The van der Waals surface area contributed by atoms with E-state index in [1.54, 1.807) is 0 Å². The zero-order valence-corrected chi connectivity index (χ0v) is 26.5. The van der Waals surface area contributed by atoms with Crippen molar-refractivity contribution in [3.05, 3.63) is 60.2 Å². The Labute approximate surface area is 260 Å². The van der Waals surface area contributed by atoms with Gasteiger partial charge in [0.25, 0.3) is 0 Å². The minimum absolute atomic E-state index is 0.